The van der Waals surface area contributed by atoms with Gasteiger partial charge < -0.3 is 9.47 Å². The summed E-state index contributed by atoms with van der Waals surface area (Å²) in [7, 11) is 0. The first-order chi connectivity index (χ1) is 11.4. The van der Waals surface area contributed by atoms with Crippen molar-refractivity contribution in [3.05, 3.63) is 34.4 Å². The van der Waals surface area contributed by atoms with Crippen LogP contribution in [0.3, 0.4) is 0 Å². The Morgan fingerprint density at radius 1 is 1.33 bits per heavy atom. The zero-order valence-corrected chi connectivity index (χ0v) is 15.0. The van der Waals surface area contributed by atoms with Gasteiger partial charge in [-0.15, -0.1) is 0 Å². The van der Waals surface area contributed by atoms with E-state index in [2.05, 4.69) is 39.8 Å². The largest absolute Gasteiger partial charge is 0.349 e. The maximum atomic E-state index is 13.3. The van der Waals surface area contributed by atoms with Crippen molar-refractivity contribution in [2.45, 2.75) is 71.4 Å². The second-order valence-corrected chi connectivity index (χ2v) is 8.64. The molecule has 1 spiro atoms. The number of benzene rings is 1. The van der Waals surface area contributed by atoms with Gasteiger partial charge in [0.2, 0.25) is 0 Å². The van der Waals surface area contributed by atoms with Crippen LogP contribution in [0.2, 0.25) is 0 Å². The highest BCUT2D eigenvalue weighted by Gasteiger charge is 2.69. The molecule has 6 rings (SSSR count). The summed E-state index contributed by atoms with van der Waals surface area (Å²) in [5.74, 6) is 1.19. The molecule has 3 heteroatoms. The molecule has 3 unspecified atom stereocenters. The van der Waals surface area contributed by atoms with E-state index in [0.29, 0.717) is 17.6 Å². The third-order valence-electron chi connectivity index (χ3n) is 7.21. The van der Waals surface area contributed by atoms with Gasteiger partial charge in [0.25, 0.3) is 0 Å². The van der Waals surface area contributed by atoms with E-state index in [1.807, 2.05) is 0 Å². The summed E-state index contributed by atoms with van der Waals surface area (Å²) in [6, 6.07) is 4.39. The first kappa shape index (κ1) is 15.1. The molecule has 5 aliphatic rings. The van der Waals surface area contributed by atoms with Crippen LogP contribution in [0.15, 0.2) is 12.1 Å². The molecule has 2 saturated heterocycles. The van der Waals surface area contributed by atoms with Crippen LogP contribution in [0.5, 0.6) is 0 Å². The maximum Gasteiger partial charge on any atom is 0.169 e. The fraction of sp³-hybridized carbons (Fsp3) is 0.667. The summed E-state index contributed by atoms with van der Waals surface area (Å²) in [6.07, 6.45) is 3.09. The van der Waals surface area contributed by atoms with Gasteiger partial charge in [0.15, 0.2) is 12.1 Å². The number of ether oxygens (including phenoxy) is 2. The number of fused-ring (bicyclic) bond motifs is 2. The molecular weight excluding hydrogens is 300 g/mol. The second-order valence-electron chi connectivity index (χ2n) is 8.64. The number of carbonyl (C=O) groups excluding carboxylic acids is 1. The number of carbonyl (C=O) groups is 1. The molecule has 0 amide bonds. The fourth-order valence-corrected chi connectivity index (χ4v) is 6.26. The van der Waals surface area contributed by atoms with Crippen LogP contribution in [0.25, 0.3) is 0 Å². The van der Waals surface area contributed by atoms with Gasteiger partial charge in [-0.1, -0.05) is 19.1 Å². The molecule has 0 aromatic heterocycles. The molecule has 0 N–H and O–H groups in total. The standard InChI is InChI=1S/C21H26O3/c1-10(2)23-20-21-8-7-13-6-5-11(3)15-16(13)18(21)17(19(15)22)14(24-20)9-12(21)4/h5-6,10,12,14,17-18,20H,7-9H2,1-4H3/t12?,14-,17-,18?,20-,21?/m1/s1. The van der Waals surface area contributed by atoms with Crippen LogP contribution in [-0.4, -0.2) is 24.3 Å². The minimum absolute atomic E-state index is 0.0147. The lowest BCUT2D eigenvalue weighted by Crippen LogP contribution is -2.64. The van der Waals surface area contributed by atoms with Gasteiger partial charge in [-0.05, 0) is 62.6 Å². The smallest absolute Gasteiger partial charge is 0.169 e. The third-order valence-corrected chi connectivity index (χ3v) is 7.21. The summed E-state index contributed by atoms with van der Waals surface area (Å²) in [4.78, 5) is 13.3. The molecule has 6 atom stereocenters. The molecule has 2 aliphatic heterocycles. The van der Waals surface area contributed by atoms with Crippen molar-refractivity contribution in [1.29, 1.82) is 0 Å². The molecule has 2 heterocycles. The molecule has 2 bridgehead atoms. The molecule has 1 aromatic carbocycles. The van der Waals surface area contributed by atoms with E-state index < -0.39 is 0 Å². The van der Waals surface area contributed by atoms with Gasteiger partial charge in [0.05, 0.1) is 18.1 Å². The monoisotopic (exact) mass is 326 g/mol. The first-order valence-corrected chi connectivity index (χ1v) is 9.42. The number of Topliss-reactive ketones (excluding diaryl/α,β-unsaturated/α-hetero) is 1. The van der Waals surface area contributed by atoms with Crippen molar-refractivity contribution in [3.8, 4) is 0 Å². The molecule has 3 aliphatic carbocycles. The van der Waals surface area contributed by atoms with Gasteiger partial charge >= 0.3 is 0 Å². The molecule has 1 aromatic rings. The van der Waals surface area contributed by atoms with Crippen LogP contribution in [0.4, 0.5) is 0 Å². The Balaban J connectivity index is 1.74. The highest BCUT2D eigenvalue weighted by Crippen LogP contribution is 2.68. The Kier molecular flexibility index (Phi) is 2.96. The van der Waals surface area contributed by atoms with Gasteiger partial charge in [-0.2, -0.15) is 0 Å². The van der Waals surface area contributed by atoms with Crippen LogP contribution < -0.4 is 0 Å². The molecule has 0 radical (unpaired) electrons. The zero-order chi connectivity index (χ0) is 16.8. The van der Waals surface area contributed by atoms with Crippen molar-refractivity contribution < 1.29 is 14.3 Å². The van der Waals surface area contributed by atoms with Crippen LogP contribution in [-0.2, 0) is 15.9 Å². The van der Waals surface area contributed by atoms with Crippen LogP contribution in [0, 0.1) is 24.2 Å². The highest BCUT2D eigenvalue weighted by atomic mass is 16.7. The van der Waals surface area contributed by atoms with Gasteiger partial charge in [-0.3, -0.25) is 4.79 Å². The summed E-state index contributed by atoms with van der Waals surface area (Å²) in [5.41, 5.74) is 4.86. The molecule has 3 fully saturated rings. The average molecular weight is 326 g/mol. The predicted octanol–water partition coefficient (Wildman–Crippen LogP) is 4.01. The van der Waals surface area contributed by atoms with Gasteiger partial charge in [0, 0.05) is 16.9 Å². The Morgan fingerprint density at radius 2 is 2.12 bits per heavy atom. The highest BCUT2D eigenvalue weighted by molar-refractivity contribution is 6.05. The van der Waals surface area contributed by atoms with Crippen molar-refractivity contribution in [1.82, 2.24) is 0 Å². The number of aryl methyl sites for hydroxylation is 2. The van der Waals surface area contributed by atoms with Crippen molar-refractivity contribution >= 4 is 5.78 Å². The lowest BCUT2D eigenvalue weighted by atomic mass is 9.49. The van der Waals surface area contributed by atoms with Gasteiger partial charge in [-0.25, -0.2) is 0 Å². The van der Waals surface area contributed by atoms with Gasteiger partial charge in [0.1, 0.15) is 0 Å². The molecule has 3 nitrogen and oxygen atoms in total. The number of rotatable bonds is 2. The number of ketones is 1. The minimum atomic E-state index is -0.167. The Hall–Kier alpha value is -1.19. The third kappa shape index (κ3) is 1.58. The lowest BCUT2D eigenvalue weighted by Gasteiger charge is -2.62. The minimum Gasteiger partial charge on any atom is -0.349 e. The van der Waals surface area contributed by atoms with E-state index in [1.54, 1.807) is 0 Å². The summed E-state index contributed by atoms with van der Waals surface area (Å²) >= 11 is 0. The average Bonchev–Trinajstić information content (AvgIpc) is 2.84. The SMILES string of the molecule is Cc1ccc2c3c1C(=O)[C@H]1C3C3(CC2)C(C)C[C@H]1O[C@H]3OC(C)C. The number of hydrogen-bond acceptors (Lipinski definition) is 3. The van der Waals surface area contributed by atoms with E-state index in [1.165, 1.54) is 11.1 Å². The van der Waals surface area contributed by atoms with Crippen molar-refractivity contribution in [2.75, 3.05) is 0 Å². The van der Waals surface area contributed by atoms with E-state index in [0.717, 1.165) is 30.4 Å². The van der Waals surface area contributed by atoms with E-state index >= 15 is 0 Å². The quantitative estimate of drug-likeness (QED) is 0.823. The molecule has 1 saturated carbocycles. The zero-order valence-electron chi connectivity index (χ0n) is 15.0. The maximum absolute atomic E-state index is 13.3. The summed E-state index contributed by atoms with van der Waals surface area (Å²) < 4.78 is 12.7. The topological polar surface area (TPSA) is 35.5 Å². The fourth-order valence-electron chi connectivity index (χ4n) is 6.26. The summed E-state index contributed by atoms with van der Waals surface area (Å²) in [5, 5.41) is 0. The molecule has 128 valence electrons. The van der Waals surface area contributed by atoms with Crippen molar-refractivity contribution in [2.24, 2.45) is 17.3 Å². The second kappa shape index (κ2) is 4.70. The van der Waals surface area contributed by atoms with Crippen molar-refractivity contribution in [3.63, 3.8) is 0 Å². The van der Waals surface area contributed by atoms with E-state index in [4.69, 9.17) is 9.47 Å². The number of hydrogen-bond donors (Lipinski definition) is 0. The molecule has 24 heavy (non-hydrogen) atoms. The van der Waals surface area contributed by atoms with Crippen LogP contribution in [0.1, 0.15) is 66.6 Å². The first-order valence-electron chi connectivity index (χ1n) is 9.42. The Morgan fingerprint density at radius 3 is 2.88 bits per heavy atom. The van der Waals surface area contributed by atoms with E-state index in [-0.39, 0.29) is 29.8 Å². The Labute approximate surface area is 143 Å². The normalized spacial score (nSPS) is 41.9. The predicted molar refractivity (Wildman–Crippen MR) is 91.2 cm³/mol. The summed E-state index contributed by atoms with van der Waals surface area (Å²) in [6.45, 7) is 8.60. The Bertz CT molecular complexity index is 737. The molecular formula is C21H26O3. The lowest BCUT2D eigenvalue weighted by molar-refractivity contribution is -0.331. The van der Waals surface area contributed by atoms with Crippen LogP contribution >= 0.6 is 0 Å². The van der Waals surface area contributed by atoms with E-state index in [9.17, 15) is 4.79 Å².